The fourth-order valence-electron chi connectivity index (χ4n) is 5.00. The molecule has 0 aliphatic carbocycles. The van der Waals surface area contributed by atoms with E-state index in [9.17, 15) is 4.79 Å². The minimum atomic E-state index is -0.825. The zero-order valence-corrected chi connectivity index (χ0v) is 17.0. The number of carbonyl (C=O) groups excluding carboxylic acids is 1. The summed E-state index contributed by atoms with van der Waals surface area (Å²) in [6.07, 6.45) is 1.76. The second kappa shape index (κ2) is 5.85. The Bertz CT molecular complexity index is 1190. The van der Waals surface area contributed by atoms with Crippen LogP contribution in [-0.2, 0) is 22.2 Å². The van der Waals surface area contributed by atoms with Crippen molar-refractivity contribution in [1.82, 2.24) is 4.98 Å². The van der Waals surface area contributed by atoms with E-state index >= 15 is 0 Å². The van der Waals surface area contributed by atoms with Gasteiger partial charge in [0.15, 0.2) is 0 Å². The van der Waals surface area contributed by atoms with E-state index in [0.29, 0.717) is 19.8 Å². The molecule has 5 heteroatoms. The number of hydrogen-bond acceptors (Lipinski definition) is 4. The number of aromatic nitrogens is 1. The van der Waals surface area contributed by atoms with Gasteiger partial charge < -0.3 is 14.4 Å². The average Bonchev–Trinajstić information content (AvgIpc) is 3.36. The summed E-state index contributed by atoms with van der Waals surface area (Å²) >= 11 is 0. The normalized spacial score (nSPS) is 22.5. The summed E-state index contributed by atoms with van der Waals surface area (Å²) in [5, 5.41) is 0. The number of pyridine rings is 1. The Morgan fingerprint density at radius 2 is 1.70 bits per heavy atom. The first-order chi connectivity index (χ1) is 14.5. The lowest BCUT2D eigenvalue weighted by molar-refractivity contribution is -0.122. The monoisotopic (exact) mass is 398 g/mol. The number of fused-ring (bicyclic) bond motifs is 5. The maximum absolute atomic E-state index is 14.0. The van der Waals surface area contributed by atoms with Crippen molar-refractivity contribution in [3.63, 3.8) is 0 Å². The molecule has 150 valence electrons. The summed E-state index contributed by atoms with van der Waals surface area (Å²) in [6, 6.07) is 17.9. The summed E-state index contributed by atoms with van der Waals surface area (Å²) in [7, 11) is 0. The molecule has 30 heavy (non-hydrogen) atoms. The van der Waals surface area contributed by atoms with E-state index in [2.05, 4.69) is 31.0 Å². The molecule has 5 nitrogen and oxygen atoms in total. The highest BCUT2D eigenvalue weighted by Gasteiger charge is 2.57. The molecule has 0 saturated heterocycles. The molecule has 0 bridgehead atoms. The fourth-order valence-corrected chi connectivity index (χ4v) is 5.00. The molecule has 0 fully saturated rings. The van der Waals surface area contributed by atoms with Gasteiger partial charge >= 0.3 is 0 Å². The van der Waals surface area contributed by atoms with Crippen LogP contribution in [0.5, 0.6) is 11.5 Å². The van der Waals surface area contributed by atoms with E-state index in [1.54, 1.807) is 6.20 Å². The van der Waals surface area contributed by atoms with Crippen LogP contribution in [0.15, 0.2) is 60.8 Å². The lowest BCUT2D eigenvalue weighted by Crippen LogP contribution is -2.42. The van der Waals surface area contributed by atoms with Crippen LogP contribution in [0.25, 0.3) is 0 Å². The maximum Gasteiger partial charge on any atom is 0.246 e. The summed E-state index contributed by atoms with van der Waals surface area (Å²) in [5.41, 5.74) is 3.96. The summed E-state index contributed by atoms with van der Waals surface area (Å²) in [6.45, 7) is 5.72. The number of anilines is 1. The molecule has 1 amide bonds. The maximum atomic E-state index is 14.0. The Kier molecular flexibility index (Phi) is 3.41. The van der Waals surface area contributed by atoms with Gasteiger partial charge in [0.05, 0.1) is 18.8 Å². The SMILES string of the molecule is CC1(C)COc2cc3c(cc21)C1(CO3)C(=O)N(Cc2ccccn2)c2ccccc21. The van der Waals surface area contributed by atoms with E-state index in [0.717, 1.165) is 39.6 Å². The number of carbonyl (C=O) groups is 1. The van der Waals surface area contributed by atoms with Crippen LogP contribution >= 0.6 is 0 Å². The number of para-hydroxylation sites is 1. The summed E-state index contributed by atoms with van der Waals surface area (Å²) in [4.78, 5) is 20.3. The van der Waals surface area contributed by atoms with Crippen LogP contribution in [0.4, 0.5) is 5.69 Å². The molecule has 3 aliphatic heterocycles. The van der Waals surface area contributed by atoms with Crippen molar-refractivity contribution in [1.29, 1.82) is 0 Å². The third kappa shape index (κ3) is 2.18. The quantitative estimate of drug-likeness (QED) is 0.655. The summed E-state index contributed by atoms with van der Waals surface area (Å²) in [5.74, 6) is 1.65. The standard InChI is InChI=1S/C25H22N2O3/c1-24(2)14-29-21-12-22-19(11-18(21)24)25(15-30-22)17-8-3-4-9-20(17)27(23(25)28)13-16-7-5-6-10-26-16/h3-12H,13-15H2,1-2H3. The van der Waals surface area contributed by atoms with Gasteiger partial charge in [0.25, 0.3) is 0 Å². The van der Waals surface area contributed by atoms with E-state index < -0.39 is 5.41 Å². The second-order valence-corrected chi connectivity index (χ2v) is 8.94. The van der Waals surface area contributed by atoms with Crippen molar-refractivity contribution >= 4 is 11.6 Å². The minimum absolute atomic E-state index is 0.0461. The molecule has 1 spiro atoms. The lowest BCUT2D eigenvalue weighted by atomic mass is 9.75. The van der Waals surface area contributed by atoms with Gasteiger partial charge in [-0.3, -0.25) is 9.78 Å². The predicted molar refractivity (Wildman–Crippen MR) is 113 cm³/mol. The van der Waals surface area contributed by atoms with E-state index in [4.69, 9.17) is 9.47 Å². The largest absolute Gasteiger partial charge is 0.492 e. The Balaban J connectivity index is 1.53. The van der Waals surface area contributed by atoms with Crippen molar-refractivity contribution in [2.24, 2.45) is 0 Å². The van der Waals surface area contributed by atoms with Crippen molar-refractivity contribution in [3.05, 3.63) is 83.2 Å². The summed E-state index contributed by atoms with van der Waals surface area (Å²) < 4.78 is 12.0. The van der Waals surface area contributed by atoms with E-state index in [1.807, 2.05) is 47.4 Å². The topological polar surface area (TPSA) is 51.7 Å². The lowest BCUT2D eigenvalue weighted by Gasteiger charge is -2.24. The minimum Gasteiger partial charge on any atom is -0.492 e. The molecule has 6 rings (SSSR count). The molecule has 2 aromatic carbocycles. The molecule has 1 unspecified atom stereocenters. The Hall–Kier alpha value is -3.34. The van der Waals surface area contributed by atoms with Crippen molar-refractivity contribution < 1.29 is 14.3 Å². The van der Waals surface area contributed by atoms with Gasteiger partial charge in [-0.25, -0.2) is 0 Å². The van der Waals surface area contributed by atoms with Crippen LogP contribution < -0.4 is 14.4 Å². The highest BCUT2D eigenvalue weighted by Crippen LogP contribution is 2.55. The molecule has 3 aromatic rings. The molecule has 0 radical (unpaired) electrons. The molecular weight excluding hydrogens is 376 g/mol. The fraction of sp³-hybridized carbons (Fsp3) is 0.280. The van der Waals surface area contributed by atoms with Crippen molar-refractivity contribution in [2.75, 3.05) is 18.1 Å². The number of nitrogens with zero attached hydrogens (tertiary/aromatic N) is 2. The number of benzene rings is 2. The predicted octanol–water partition coefficient (Wildman–Crippen LogP) is 3.98. The zero-order valence-electron chi connectivity index (χ0n) is 17.0. The Labute approximate surface area is 175 Å². The molecule has 1 atom stereocenters. The number of hydrogen-bond donors (Lipinski definition) is 0. The Morgan fingerprint density at radius 1 is 0.933 bits per heavy atom. The van der Waals surface area contributed by atoms with Gasteiger partial charge in [-0.2, -0.15) is 0 Å². The van der Waals surface area contributed by atoms with E-state index in [1.165, 1.54) is 0 Å². The van der Waals surface area contributed by atoms with Gasteiger partial charge in [0.2, 0.25) is 5.91 Å². The van der Waals surface area contributed by atoms with Gasteiger partial charge in [-0.1, -0.05) is 38.1 Å². The van der Waals surface area contributed by atoms with Crippen LogP contribution in [0.1, 0.15) is 36.2 Å². The first-order valence-electron chi connectivity index (χ1n) is 10.3. The van der Waals surface area contributed by atoms with Crippen LogP contribution in [0, 0.1) is 0 Å². The van der Waals surface area contributed by atoms with Crippen molar-refractivity contribution in [3.8, 4) is 11.5 Å². The smallest absolute Gasteiger partial charge is 0.246 e. The molecule has 1 aromatic heterocycles. The van der Waals surface area contributed by atoms with E-state index in [-0.39, 0.29) is 11.3 Å². The molecule has 4 heterocycles. The van der Waals surface area contributed by atoms with Gasteiger partial charge in [-0.05, 0) is 29.8 Å². The third-order valence-electron chi connectivity index (χ3n) is 6.61. The van der Waals surface area contributed by atoms with Crippen LogP contribution in [-0.4, -0.2) is 24.1 Å². The number of rotatable bonds is 2. The Morgan fingerprint density at radius 3 is 2.53 bits per heavy atom. The van der Waals surface area contributed by atoms with Crippen molar-refractivity contribution in [2.45, 2.75) is 31.2 Å². The van der Waals surface area contributed by atoms with Gasteiger partial charge in [0.1, 0.15) is 23.5 Å². The third-order valence-corrected chi connectivity index (χ3v) is 6.61. The molecular formula is C25H22N2O3. The van der Waals surface area contributed by atoms with Crippen LogP contribution in [0.2, 0.25) is 0 Å². The zero-order chi connectivity index (χ0) is 20.5. The first-order valence-corrected chi connectivity index (χ1v) is 10.3. The van der Waals surface area contributed by atoms with Crippen LogP contribution in [0.3, 0.4) is 0 Å². The molecule has 0 N–H and O–H groups in total. The number of amides is 1. The highest BCUT2D eigenvalue weighted by atomic mass is 16.5. The first kappa shape index (κ1) is 17.5. The number of ether oxygens (including phenoxy) is 2. The van der Waals surface area contributed by atoms with Gasteiger partial charge in [0, 0.05) is 34.5 Å². The highest BCUT2D eigenvalue weighted by molar-refractivity contribution is 6.11. The van der Waals surface area contributed by atoms with Gasteiger partial charge in [-0.15, -0.1) is 0 Å². The average molecular weight is 398 g/mol. The molecule has 3 aliphatic rings. The second-order valence-electron chi connectivity index (χ2n) is 8.94. The molecule has 0 saturated carbocycles.